The molecule has 1 fully saturated rings. The van der Waals surface area contributed by atoms with Crippen LogP contribution in [-0.2, 0) is 21.5 Å². The van der Waals surface area contributed by atoms with Gasteiger partial charge in [0.2, 0.25) is 5.71 Å². The fourth-order valence-electron chi connectivity index (χ4n) is 3.94. The molecular formula is C26H27ClN6O5. The molecule has 1 aromatic heterocycles. The summed E-state index contributed by atoms with van der Waals surface area (Å²) in [7, 11) is 1.61. The van der Waals surface area contributed by atoms with Crippen molar-refractivity contribution in [2.75, 3.05) is 19.1 Å². The number of carbonyl (C=O) groups excluding carboxylic acids is 2. The van der Waals surface area contributed by atoms with E-state index in [1.165, 1.54) is 0 Å². The van der Waals surface area contributed by atoms with Crippen LogP contribution in [0.15, 0.2) is 35.4 Å². The predicted octanol–water partition coefficient (Wildman–Crippen LogP) is 5.13. The van der Waals surface area contributed by atoms with Gasteiger partial charge in [-0.2, -0.15) is 15.3 Å². The van der Waals surface area contributed by atoms with Gasteiger partial charge in [0.05, 0.1) is 35.5 Å². The van der Waals surface area contributed by atoms with Gasteiger partial charge >= 0.3 is 6.09 Å². The number of hydrogen-bond donors (Lipinski definition) is 2. The van der Waals surface area contributed by atoms with Crippen LogP contribution in [0.4, 0.5) is 10.5 Å². The zero-order valence-corrected chi connectivity index (χ0v) is 22.2. The number of benzene rings is 2. The maximum absolute atomic E-state index is 12.1. The van der Waals surface area contributed by atoms with E-state index in [-0.39, 0.29) is 12.1 Å². The minimum Gasteiger partial charge on any atom is -0.468 e. The molecular weight excluding hydrogens is 512 g/mol. The number of rotatable bonds is 9. The van der Waals surface area contributed by atoms with Crippen LogP contribution in [0.5, 0.6) is 17.5 Å². The number of aryl methyl sites for hydroxylation is 1. The van der Waals surface area contributed by atoms with Gasteiger partial charge < -0.3 is 14.2 Å². The van der Waals surface area contributed by atoms with Crippen molar-refractivity contribution in [3.05, 3.63) is 40.9 Å². The van der Waals surface area contributed by atoms with Crippen molar-refractivity contribution in [1.82, 2.24) is 14.9 Å². The quantitative estimate of drug-likeness (QED) is 0.282. The second kappa shape index (κ2) is 11.0. The molecule has 0 atom stereocenters. The standard InChI is InChI=1S/C26H27ClN6O5/c1-5-15-11-16(31-32-20(14-28)23(34)30-25(35)37-6-2)12-18(27)22(15)38-17-7-8-19-21(13-17)33(24(29-19)36-4)26(3)9-10-26/h7-8,11-13,31H,5-6,9-10H2,1-4H3,(H,30,34,35)/b32-20+. The number of hydrazone groups is 1. The average molecular weight is 539 g/mol. The van der Waals surface area contributed by atoms with Crippen molar-refractivity contribution in [1.29, 1.82) is 5.26 Å². The van der Waals surface area contributed by atoms with Crippen LogP contribution in [0.2, 0.25) is 5.02 Å². The lowest BCUT2D eigenvalue weighted by atomic mass is 10.1. The molecule has 0 aliphatic heterocycles. The van der Waals surface area contributed by atoms with Crippen LogP contribution < -0.4 is 20.2 Å². The summed E-state index contributed by atoms with van der Waals surface area (Å²) in [6.45, 7) is 5.78. The first-order valence-electron chi connectivity index (χ1n) is 12.0. The largest absolute Gasteiger partial charge is 0.468 e. The van der Waals surface area contributed by atoms with Crippen LogP contribution in [0.1, 0.15) is 39.2 Å². The minimum absolute atomic E-state index is 0.0335. The second-order valence-corrected chi connectivity index (χ2v) is 9.25. The predicted molar refractivity (Wildman–Crippen MR) is 142 cm³/mol. The molecule has 3 aromatic rings. The van der Waals surface area contributed by atoms with Crippen molar-refractivity contribution in [3.8, 4) is 23.6 Å². The van der Waals surface area contributed by atoms with Crippen molar-refractivity contribution in [2.24, 2.45) is 5.10 Å². The third-order valence-electron chi connectivity index (χ3n) is 6.12. The summed E-state index contributed by atoms with van der Waals surface area (Å²) in [5.41, 5.74) is 4.96. The highest BCUT2D eigenvalue weighted by atomic mass is 35.5. The van der Waals surface area contributed by atoms with E-state index < -0.39 is 17.7 Å². The maximum Gasteiger partial charge on any atom is 0.414 e. The Balaban J connectivity index is 1.58. The molecule has 1 saturated carbocycles. The Morgan fingerprint density at radius 2 is 2.03 bits per heavy atom. The molecule has 0 bridgehead atoms. The lowest BCUT2D eigenvalue weighted by molar-refractivity contribution is -0.114. The number of imidazole rings is 1. The van der Waals surface area contributed by atoms with Gasteiger partial charge in [-0.25, -0.2) is 4.79 Å². The SMILES string of the molecule is CCOC(=O)NC(=O)/C(C#N)=N/Nc1cc(Cl)c(Oc2ccc3nc(OC)n(C4(C)CC4)c3c2)c(CC)c1. The lowest BCUT2D eigenvalue weighted by Crippen LogP contribution is -2.36. The molecule has 2 N–H and O–H groups in total. The monoisotopic (exact) mass is 538 g/mol. The number of alkyl carbamates (subject to hydrolysis) is 1. The summed E-state index contributed by atoms with van der Waals surface area (Å²) >= 11 is 6.58. The van der Waals surface area contributed by atoms with Gasteiger partial charge in [0.15, 0.2) is 0 Å². The molecule has 198 valence electrons. The Morgan fingerprint density at radius 1 is 1.26 bits per heavy atom. The molecule has 0 unspecified atom stereocenters. The van der Waals surface area contributed by atoms with Crippen molar-refractivity contribution >= 4 is 46.0 Å². The van der Waals surface area contributed by atoms with Gasteiger partial charge in [0, 0.05) is 11.6 Å². The van der Waals surface area contributed by atoms with Crippen molar-refractivity contribution in [2.45, 2.75) is 45.6 Å². The number of imide groups is 1. The molecule has 2 aromatic carbocycles. The Bertz CT molecular complexity index is 1470. The van der Waals surface area contributed by atoms with Crippen LogP contribution in [0.3, 0.4) is 0 Å². The summed E-state index contributed by atoms with van der Waals surface area (Å²) < 4.78 is 18.5. The molecule has 0 saturated heterocycles. The van der Waals surface area contributed by atoms with Gasteiger partial charge in [-0.3, -0.25) is 20.1 Å². The number of anilines is 1. The molecule has 1 aliphatic rings. The van der Waals surface area contributed by atoms with E-state index in [0.717, 1.165) is 29.4 Å². The third-order valence-corrected chi connectivity index (χ3v) is 6.40. The first-order chi connectivity index (χ1) is 18.2. The molecule has 4 rings (SSSR count). The summed E-state index contributed by atoms with van der Waals surface area (Å²) in [5.74, 6) is 0.0640. The Labute approximate surface area is 224 Å². The van der Waals surface area contributed by atoms with Crippen LogP contribution in [-0.4, -0.2) is 41.0 Å². The van der Waals surface area contributed by atoms with Gasteiger partial charge in [-0.15, -0.1) is 0 Å². The van der Waals surface area contributed by atoms with Crippen molar-refractivity contribution < 1.29 is 23.8 Å². The normalized spacial score (nSPS) is 13.9. The summed E-state index contributed by atoms with van der Waals surface area (Å²) in [6, 6.07) is 11.1. The molecule has 1 aliphatic carbocycles. The molecule has 1 heterocycles. The number of nitrogens with zero attached hydrogens (tertiary/aromatic N) is 4. The fourth-order valence-corrected chi connectivity index (χ4v) is 4.21. The number of halogens is 1. The summed E-state index contributed by atoms with van der Waals surface area (Å²) in [4.78, 5) is 28.1. The van der Waals surface area contributed by atoms with E-state index in [9.17, 15) is 14.9 Å². The molecule has 0 spiro atoms. The van der Waals surface area contributed by atoms with Gasteiger partial charge in [0.25, 0.3) is 11.9 Å². The lowest BCUT2D eigenvalue weighted by Gasteiger charge is -2.16. The minimum atomic E-state index is -0.994. The smallest absolute Gasteiger partial charge is 0.414 e. The highest BCUT2D eigenvalue weighted by molar-refractivity contribution is 6.46. The zero-order chi connectivity index (χ0) is 27.4. The first kappa shape index (κ1) is 26.8. The number of carbonyl (C=O) groups is 2. The van der Waals surface area contributed by atoms with Gasteiger partial charge in [-0.1, -0.05) is 18.5 Å². The van der Waals surface area contributed by atoms with E-state index in [4.69, 9.17) is 21.1 Å². The van der Waals surface area contributed by atoms with E-state index >= 15 is 0 Å². The summed E-state index contributed by atoms with van der Waals surface area (Å²) in [5, 5.41) is 15.3. The molecule has 11 nitrogen and oxygen atoms in total. The number of fused-ring (bicyclic) bond motifs is 1. The number of ether oxygens (including phenoxy) is 3. The number of aromatic nitrogens is 2. The maximum atomic E-state index is 12.1. The first-order valence-corrected chi connectivity index (χ1v) is 12.4. The zero-order valence-electron chi connectivity index (χ0n) is 21.4. The number of nitrogens with one attached hydrogen (secondary N) is 2. The van der Waals surface area contributed by atoms with Gasteiger partial charge in [-0.05, 0) is 62.9 Å². The number of hydrogen-bond acceptors (Lipinski definition) is 9. The van der Waals surface area contributed by atoms with E-state index in [1.54, 1.807) is 32.2 Å². The van der Waals surface area contributed by atoms with E-state index in [0.29, 0.717) is 34.6 Å². The van der Waals surface area contributed by atoms with Crippen LogP contribution >= 0.6 is 11.6 Å². The van der Waals surface area contributed by atoms with Gasteiger partial charge in [0.1, 0.15) is 17.6 Å². The Hall–Kier alpha value is -4.30. The van der Waals surface area contributed by atoms with Crippen LogP contribution in [0, 0.1) is 11.3 Å². The number of nitriles is 1. The highest BCUT2D eigenvalue weighted by Crippen LogP contribution is 2.48. The fraction of sp³-hybridized carbons (Fsp3) is 0.346. The molecule has 12 heteroatoms. The molecule has 38 heavy (non-hydrogen) atoms. The third kappa shape index (κ3) is 5.50. The Morgan fingerprint density at radius 3 is 2.66 bits per heavy atom. The number of amides is 2. The second-order valence-electron chi connectivity index (χ2n) is 8.84. The highest BCUT2D eigenvalue weighted by Gasteiger charge is 2.42. The summed E-state index contributed by atoms with van der Waals surface area (Å²) in [6.07, 6.45) is 1.69. The molecule has 2 amide bonds. The van der Waals surface area contributed by atoms with Crippen LogP contribution in [0.25, 0.3) is 11.0 Å². The average Bonchev–Trinajstić information content (AvgIpc) is 3.51. The van der Waals surface area contributed by atoms with Crippen molar-refractivity contribution in [3.63, 3.8) is 0 Å². The topological polar surface area (TPSA) is 140 Å². The Kier molecular flexibility index (Phi) is 7.73. The number of methoxy groups -OCH3 is 1. The van der Waals surface area contributed by atoms with E-state index in [1.807, 2.05) is 30.4 Å². The van der Waals surface area contributed by atoms with E-state index in [2.05, 4.69) is 31.7 Å². The molecule has 0 radical (unpaired) electrons.